The Morgan fingerprint density at radius 2 is 0.730 bits per heavy atom. The van der Waals surface area contributed by atoms with E-state index in [1.807, 2.05) is 20.8 Å². The fraction of sp³-hybridized carbons (Fsp3) is 1.00. The van der Waals surface area contributed by atoms with Crippen LogP contribution in [0.3, 0.4) is 0 Å². The molecule has 37 heavy (non-hydrogen) atoms. The minimum Gasteiger partial charge on any atom is -0.396 e. The Hall–Kier alpha value is -0.600. The summed E-state index contributed by atoms with van der Waals surface area (Å²) < 4.78 is 0. The highest BCUT2D eigenvalue weighted by molar-refractivity contribution is 4.83. The first-order chi connectivity index (χ1) is 16.9. The average Bonchev–Trinajstić information content (AvgIpc) is 2.92. The molecule has 15 nitrogen and oxygen atoms in total. The van der Waals surface area contributed by atoms with E-state index in [4.69, 9.17) is 71.5 Å². The van der Waals surface area contributed by atoms with E-state index in [0.29, 0.717) is 0 Å². The van der Waals surface area contributed by atoms with Crippen LogP contribution in [0.15, 0.2) is 0 Å². The summed E-state index contributed by atoms with van der Waals surface area (Å²) in [5, 5.41) is 132. The summed E-state index contributed by atoms with van der Waals surface area (Å²) in [6.45, 7) is 4.42. The zero-order chi connectivity index (χ0) is 30.1. The minimum absolute atomic E-state index is 0.0281. The predicted molar refractivity (Wildman–Crippen MR) is 129 cm³/mol. The van der Waals surface area contributed by atoms with Crippen molar-refractivity contribution in [3.05, 3.63) is 0 Å². The van der Waals surface area contributed by atoms with Crippen LogP contribution in [0.2, 0.25) is 0 Å². The highest BCUT2D eigenvalue weighted by atomic mass is 16.4. The van der Waals surface area contributed by atoms with Gasteiger partial charge in [0.2, 0.25) is 0 Å². The number of rotatable bonds is 15. The molecule has 228 valence electrons. The Bertz CT molecular complexity index is 470. The van der Waals surface area contributed by atoms with Crippen molar-refractivity contribution in [3.63, 3.8) is 0 Å². The maximum Gasteiger partial charge on any atom is 0.111 e. The maximum absolute atomic E-state index is 9.77. The van der Waals surface area contributed by atoms with E-state index in [9.17, 15) is 5.11 Å². The summed E-state index contributed by atoms with van der Waals surface area (Å²) in [6, 6.07) is 0. The lowest BCUT2D eigenvalue weighted by Gasteiger charge is -2.35. The van der Waals surface area contributed by atoms with E-state index < -0.39 is 80.9 Å². The Morgan fingerprint density at radius 3 is 0.892 bits per heavy atom. The van der Waals surface area contributed by atoms with Gasteiger partial charge < -0.3 is 76.6 Å². The number of hydrogen-bond donors (Lipinski definition) is 15. The van der Waals surface area contributed by atoms with Gasteiger partial charge in [-0.25, -0.2) is 0 Å². The molecule has 0 aliphatic carbocycles. The van der Waals surface area contributed by atoms with Gasteiger partial charge in [-0.2, -0.15) is 0 Å². The second-order valence-corrected chi connectivity index (χ2v) is 9.28. The van der Waals surface area contributed by atoms with Crippen molar-refractivity contribution in [1.29, 1.82) is 0 Å². The summed E-state index contributed by atoms with van der Waals surface area (Å²) >= 11 is 0. The minimum atomic E-state index is -1.67. The van der Waals surface area contributed by atoms with Gasteiger partial charge >= 0.3 is 0 Å². The van der Waals surface area contributed by atoms with Crippen LogP contribution in [0.1, 0.15) is 27.7 Å². The van der Waals surface area contributed by atoms with E-state index in [1.54, 1.807) is 6.92 Å². The molecule has 0 radical (unpaired) electrons. The zero-order valence-corrected chi connectivity index (χ0v) is 21.8. The molecule has 0 aliphatic heterocycles. The van der Waals surface area contributed by atoms with Crippen molar-refractivity contribution in [1.82, 2.24) is 0 Å². The molecular formula is C22H50O15. The molecule has 0 saturated heterocycles. The lowest BCUT2D eigenvalue weighted by Crippen LogP contribution is -2.46. The maximum atomic E-state index is 9.77. The SMILES string of the molecule is CC(CO)C(C)C(C)C(C)(O)CO.OCC(O)C(O)C(O)C(O)CO.OCC(O)C(O)C(O)C(O)CO. The molecule has 0 aromatic rings. The molecule has 0 bridgehead atoms. The molecule has 0 spiro atoms. The quantitative estimate of drug-likeness (QED) is 0.0894. The van der Waals surface area contributed by atoms with Crippen molar-refractivity contribution in [2.24, 2.45) is 17.8 Å². The Labute approximate surface area is 216 Å². The van der Waals surface area contributed by atoms with Crippen molar-refractivity contribution in [2.75, 3.05) is 39.6 Å². The van der Waals surface area contributed by atoms with E-state index in [0.717, 1.165) is 0 Å². The highest BCUT2D eigenvalue weighted by Gasteiger charge is 2.33. The van der Waals surface area contributed by atoms with Crippen LogP contribution in [0.4, 0.5) is 0 Å². The van der Waals surface area contributed by atoms with Gasteiger partial charge in [0.05, 0.1) is 38.6 Å². The predicted octanol–water partition coefficient (Wildman–Crippen LogP) is -6.54. The van der Waals surface area contributed by atoms with Crippen LogP contribution in [-0.4, -0.2) is 171 Å². The largest absolute Gasteiger partial charge is 0.396 e. The first kappa shape index (κ1) is 40.9. The van der Waals surface area contributed by atoms with Crippen molar-refractivity contribution in [3.8, 4) is 0 Å². The smallest absolute Gasteiger partial charge is 0.111 e. The van der Waals surface area contributed by atoms with Crippen molar-refractivity contribution in [2.45, 2.75) is 82.1 Å². The lowest BCUT2D eigenvalue weighted by molar-refractivity contribution is -0.123. The van der Waals surface area contributed by atoms with Crippen molar-refractivity contribution >= 4 is 0 Å². The molecule has 0 heterocycles. The number of hydrogen-bond acceptors (Lipinski definition) is 15. The number of aliphatic hydroxyl groups is 15. The van der Waals surface area contributed by atoms with Gasteiger partial charge in [0.25, 0.3) is 0 Å². The summed E-state index contributed by atoms with van der Waals surface area (Å²) in [5.74, 6) is 0.305. The van der Waals surface area contributed by atoms with Gasteiger partial charge in [0.15, 0.2) is 0 Å². The normalized spacial score (nSPS) is 22.1. The van der Waals surface area contributed by atoms with E-state index >= 15 is 0 Å². The zero-order valence-electron chi connectivity index (χ0n) is 21.8. The second-order valence-electron chi connectivity index (χ2n) is 9.28. The molecular weight excluding hydrogens is 504 g/mol. The molecule has 0 amide bonds. The average molecular weight is 555 g/mol. The second kappa shape index (κ2) is 21.2. The monoisotopic (exact) mass is 554 g/mol. The fourth-order valence-electron chi connectivity index (χ4n) is 2.71. The molecule has 0 fully saturated rings. The van der Waals surface area contributed by atoms with E-state index in [-0.39, 0.29) is 31.0 Å². The number of aliphatic hydroxyl groups excluding tert-OH is 14. The fourth-order valence-corrected chi connectivity index (χ4v) is 2.71. The molecule has 12 atom stereocenters. The van der Waals surface area contributed by atoms with Crippen LogP contribution >= 0.6 is 0 Å². The van der Waals surface area contributed by atoms with Gasteiger partial charge in [0, 0.05) is 6.61 Å². The van der Waals surface area contributed by atoms with E-state index in [1.165, 1.54) is 0 Å². The van der Waals surface area contributed by atoms with Crippen LogP contribution in [0.5, 0.6) is 0 Å². The van der Waals surface area contributed by atoms with Gasteiger partial charge in [0.1, 0.15) is 48.8 Å². The third-order valence-corrected chi connectivity index (χ3v) is 6.30. The van der Waals surface area contributed by atoms with Gasteiger partial charge in [-0.05, 0) is 24.7 Å². The van der Waals surface area contributed by atoms with E-state index in [2.05, 4.69) is 0 Å². The first-order valence-corrected chi connectivity index (χ1v) is 11.8. The third kappa shape index (κ3) is 15.5. The summed E-state index contributed by atoms with van der Waals surface area (Å²) in [7, 11) is 0. The molecule has 0 aromatic heterocycles. The Morgan fingerprint density at radius 1 is 0.486 bits per heavy atom. The molecule has 0 aliphatic rings. The van der Waals surface area contributed by atoms with Crippen LogP contribution < -0.4 is 0 Å². The van der Waals surface area contributed by atoms with Gasteiger partial charge in [-0.15, -0.1) is 0 Å². The van der Waals surface area contributed by atoms with Crippen LogP contribution in [-0.2, 0) is 0 Å². The Kier molecular flexibility index (Phi) is 23.5. The topological polar surface area (TPSA) is 303 Å². The van der Waals surface area contributed by atoms with Crippen LogP contribution in [0, 0.1) is 17.8 Å². The van der Waals surface area contributed by atoms with Gasteiger partial charge in [-0.3, -0.25) is 0 Å². The standard InChI is InChI=1S/C10H22O3.2C6H14O6/c1-7(5-11)8(2)9(3)10(4,13)6-12;2*7-1-3(9)5(11)6(12)4(10)2-8/h7-9,11-13H,5-6H2,1-4H3;2*3-12H,1-2H2. The van der Waals surface area contributed by atoms with Crippen molar-refractivity contribution < 1.29 is 76.6 Å². The summed E-state index contributed by atoms with van der Waals surface area (Å²) in [5.41, 5.74) is -1.05. The molecule has 15 N–H and O–H groups in total. The highest BCUT2D eigenvalue weighted by Crippen LogP contribution is 2.29. The molecule has 0 rings (SSSR count). The lowest BCUT2D eigenvalue weighted by atomic mass is 9.76. The summed E-state index contributed by atoms with van der Waals surface area (Å²) in [4.78, 5) is 0. The molecule has 15 heteroatoms. The molecule has 0 saturated carbocycles. The van der Waals surface area contributed by atoms with Gasteiger partial charge in [-0.1, -0.05) is 20.8 Å². The third-order valence-electron chi connectivity index (χ3n) is 6.30. The van der Waals surface area contributed by atoms with Crippen LogP contribution in [0.25, 0.3) is 0 Å². The molecule has 12 unspecified atom stereocenters. The Balaban J connectivity index is -0.000000469. The molecule has 0 aromatic carbocycles. The first-order valence-electron chi connectivity index (χ1n) is 11.8. The summed E-state index contributed by atoms with van der Waals surface area (Å²) in [6.07, 6.45) is -12.8.